The lowest BCUT2D eigenvalue weighted by Crippen LogP contribution is -3.08. The molecule has 1 amide bonds. The predicted octanol–water partition coefficient (Wildman–Crippen LogP) is 2.62. The molecule has 5 heteroatoms. The van der Waals surface area contributed by atoms with E-state index in [1.165, 1.54) is 0 Å². The molecule has 0 aliphatic heterocycles. The zero-order valence-corrected chi connectivity index (χ0v) is 17.7. The van der Waals surface area contributed by atoms with Gasteiger partial charge >= 0.3 is 0 Å². The van der Waals surface area contributed by atoms with Crippen molar-refractivity contribution in [2.24, 2.45) is 0 Å². The van der Waals surface area contributed by atoms with E-state index in [0.29, 0.717) is 24.6 Å². The van der Waals surface area contributed by atoms with Crippen LogP contribution in [0.15, 0.2) is 78.9 Å². The van der Waals surface area contributed by atoms with Gasteiger partial charge in [0.1, 0.15) is 6.54 Å². The molecule has 1 atom stereocenters. The molecule has 30 heavy (non-hydrogen) atoms. The third-order valence-electron chi connectivity index (χ3n) is 4.99. The third-order valence-corrected chi connectivity index (χ3v) is 4.99. The van der Waals surface area contributed by atoms with Crippen LogP contribution in [0.5, 0.6) is 11.5 Å². The second-order valence-electron chi connectivity index (χ2n) is 7.32. The Kier molecular flexibility index (Phi) is 7.46. The van der Waals surface area contributed by atoms with E-state index in [0.717, 1.165) is 21.6 Å². The first kappa shape index (κ1) is 21.4. The van der Waals surface area contributed by atoms with Gasteiger partial charge in [-0.1, -0.05) is 60.7 Å². The summed E-state index contributed by atoms with van der Waals surface area (Å²) >= 11 is 0. The van der Waals surface area contributed by atoms with Gasteiger partial charge in [0, 0.05) is 5.56 Å². The summed E-state index contributed by atoms with van der Waals surface area (Å²) in [5, 5.41) is 3.20. The minimum Gasteiger partial charge on any atom is -0.493 e. The number of carbonyl (C=O) groups excluding carboxylic acids is 1. The summed E-state index contributed by atoms with van der Waals surface area (Å²) in [5.41, 5.74) is 3.21. The fourth-order valence-electron chi connectivity index (χ4n) is 3.54. The molecule has 0 aliphatic carbocycles. The van der Waals surface area contributed by atoms with Crippen LogP contribution in [-0.2, 0) is 11.3 Å². The highest BCUT2D eigenvalue weighted by atomic mass is 16.5. The lowest BCUT2D eigenvalue weighted by Gasteiger charge is -2.21. The van der Waals surface area contributed by atoms with E-state index >= 15 is 0 Å². The van der Waals surface area contributed by atoms with E-state index in [-0.39, 0.29) is 11.9 Å². The van der Waals surface area contributed by atoms with Crippen molar-refractivity contribution in [2.75, 3.05) is 27.8 Å². The summed E-state index contributed by atoms with van der Waals surface area (Å²) < 4.78 is 10.7. The Balaban J connectivity index is 1.67. The second kappa shape index (κ2) is 10.5. The van der Waals surface area contributed by atoms with Gasteiger partial charge in [-0.25, -0.2) is 0 Å². The Bertz CT molecular complexity index is 906. The number of carbonyl (C=O) groups is 1. The van der Waals surface area contributed by atoms with E-state index in [1.54, 1.807) is 14.2 Å². The normalized spacial score (nSPS) is 11.7. The van der Waals surface area contributed by atoms with Gasteiger partial charge in [0.25, 0.3) is 5.91 Å². The van der Waals surface area contributed by atoms with Gasteiger partial charge in [0.15, 0.2) is 18.0 Å². The highest BCUT2D eigenvalue weighted by Crippen LogP contribution is 2.27. The van der Waals surface area contributed by atoms with Crippen molar-refractivity contribution in [3.8, 4) is 11.5 Å². The summed E-state index contributed by atoms with van der Waals surface area (Å²) in [4.78, 5) is 13.9. The largest absolute Gasteiger partial charge is 0.493 e. The van der Waals surface area contributed by atoms with Crippen molar-refractivity contribution in [3.63, 3.8) is 0 Å². The Morgan fingerprint density at radius 1 is 0.867 bits per heavy atom. The summed E-state index contributed by atoms with van der Waals surface area (Å²) in [5.74, 6) is 1.40. The van der Waals surface area contributed by atoms with E-state index < -0.39 is 0 Å². The molecule has 2 N–H and O–H groups in total. The van der Waals surface area contributed by atoms with Crippen molar-refractivity contribution in [1.29, 1.82) is 0 Å². The molecule has 0 saturated heterocycles. The zero-order valence-electron chi connectivity index (χ0n) is 17.7. The lowest BCUT2D eigenvalue weighted by atomic mass is 9.99. The first-order valence-corrected chi connectivity index (χ1v) is 10.0. The highest BCUT2D eigenvalue weighted by molar-refractivity contribution is 5.77. The fraction of sp³-hybridized carbons (Fsp3) is 0.240. The van der Waals surface area contributed by atoms with Crippen LogP contribution in [0, 0.1) is 0 Å². The number of hydrogen-bond donors (Lipinski definition) is 2. The van der Waals surface area contributed by atoms with Crippen molar-refractivity contribution < 1.29 is 19.2 Å². The van der Waals surface area contributed by atoms with E-state index in [9.17, 15) is 4.79 Å². The summed E-state index contributed by atoms with van der Waals surface area (Å²) in [6.07, 6.45) is 0. The smallest absolute Gasteiger partial charge is 0.275 e. The number of ether oxygens (including phenoxy) is 2. The van der Waals surface area contributed by atoms with Crippen LogP contribution in [0.3, 0.4) is 0 Å². The van der Waals surface area contributed by atoms with E-state index in [4.69, 9.17) is 9.47 Å². The predicted molar refractivity (Wildman–Crippen MR) is 118 cm³/mol. The Hall–Kier alpha value is -3.31. The lowest BCUT2D eigenvalue weighted by molar-refractivity contribution is -0.885. The minimum absolute atomic E-state index is 0.00526. The van der Waals surface area contributed by atoms with Crippen LogP contribution in [0.4, 0.5) is 0 Å². The van der Waals surface area contributed by atoms with Gasteiger partial charge in [-0.15, -0.1) is 0 Å². The number of likely N-dealkylation sites (N-methyl/N-ethyl adjacent to an activating group) is 1. The van der Waals surface area contributed by atoms with Crippen LogP contribution in [-0.4, -0.2) is 33.7 Å². The van der Waals surface area contributed by atoms with Crippen molar-refractivity contribution >= 4 is 5.91 Å². The maximum Gasteiger partial charge on any atom is 0.275 e. The third kappa shape index (κ3) is 5.61. The molecule has 0 aliphatic rings. The van der Waals surface area contributed by atoms with E-state index in [2.05, 4.69) is 5.32 Å². The highest BCUT2D eigenvalue weighted by Gasteiger charge is 2.19. The Morgan fingerprint density at radius 2 is 1.43 bits per heavy atom. The van der Waals surface area contributed by atoms with Gasteiger partial charge in [-0.2, -0.15) is 0 Å². The molecular weight excluding hydrogens is 376 g/mol. The summed E-state index contributed by atoms with van der Waals surface area (Å²) in [6, 6.07) is 25.8. The molecule has 0 bridgehead atoms. The molecule has 3 aromatic carbocycles. The Labute approximate surface area is 178 Å². The second-order valence-corrected chi connectivity index (χ2v) is 7.32. The molecule has 0 spiro atoms. The molecule has 3 aromatic rings. The molecule has 1 unspecified atom stereocenters. The van der Waals surface area contributed by atoms with Crippen LogP contribution >= 0.6 is 0 Å². The Morgan fingerprint density at radius 3 is 1.97 bits per heavy atom. The molecule has 0 radical (unpaired) electrons. The minimum atomic E-state index is -0.172. The van der Waals surface area contributed by atoms with Gasteiger partial charge < -0.3 is 19.7 Å². The monoisotopic (exact) mass is 405 g/mol. The maximum atomic E-state index is 12.8. The molecule has 0 saturated carbocycles. The van der Waals surface area contributed by atoms with Gasteiger partial charge in [-0.3, -0.25) is 4.79 Å². The quantitative estimate of drug-likeness (QED) is 0.576. The topological polar surface area (TPSA) is 52.0 Å². The maximum absolute atomic E-state index is 12.8. The average molecular weight is 406 g/mol. The number of hydrogen-bond acceptors (Lipinski definition) is 3. The van der Waals surface area contributed by atoms with Crippen molar-refractivity contribution in [3.05, 3.63) is 95.6 Å². The molecule has 5 nitrogen and oxygen atoms in total. The van der Waals surface area contributed by atoms with Crippen LogP contribution < -0.4 is 19.7 Å². The number of amides is 1. The average Bonchev–Trinajstić information content (AvgIpc) is 2.78. The van der Waals surface area contributed by atoms with Crippen LogP contribution in [0.1, 0.15) is 22.7 Å². The first-order valence-electron chi connectivity index (χ1n) is 10.0. The number of quaternary nitrogens is 1. The standard InChI is InChI=1S/C25H28N2O3/c1-27(17-19-14-15-22(29-2)23(16-19)30-3)18-24(28)26-25(20-10-6-4-7-11-20)21-12-8-5-9-13-21/h4-16,25H,17-18H2,1-3H3,(H,26,28)/p+1. The fourth-order valence-corrected chi connectivity index (χ4v) is 3.54. The first-order chi connectivity index (χ1) is 14.6. The van der Waals surface area contributed by atoms with Crippen molar-refractivity contribution in [1.82, 2.24) is 5.32 Å². The van der Waals surface area contributed by atoms with Crippen LogP contribution in [0.2, 0.25) is 0 Å². The molecule has 156 valence electrons. The number of rotatable bonds is 9. The summed E-state index contributed by atoms with van der Waals surface area (Å²) in [7, 11) is 5.25. The zero-order chi connectivity index (χ0) is 21.3. The van der Waals surface area contributed by atoms with Gasteiger partial charge in [-0.05, 0) is 29.3 Å². The number of methoxy groups -OCH3 is 2. The molecule has 0 aromatic heterocycles. The van der Waals surface area contributed by atoms with E-state index in [1.807, 2.05) is 85.9 Å². The molecule has 0 heterocycles. The molecule has 0 fully saturated rings. The SMILES string of the molecule is COc1ccc(C[NH+](C)CC(=O)NC(c2ccccc2)c2ccccc2)cc1OC. The number of benzene rings is 3. The van der Waals surface area contributed by atoms with Gasteiger partial charge in [0.05, 0.1) is 27.3 Å². The molecular formula is C25H29N2O3+. The van der Waals surface area contributed by atoms with Crippen molar-refractivity contribution in [2.45, 2.75) is 12.6 Å². The molecule has 3 rings (SSSR count). The number of nitrogens with one attached hydrogen (secondary N) is 2. The summed E-state index contributed by atoms with van der Waals surface area (Å²) in [6.45, 7) is 1.07. The van der Waals surface area contributed by atoms with Crippen LogP contribution in [0.25, 0.3) is 0 Å². The van der Waals surface area contributed by atoms with Gasteiger partial charge in [0.2, 0.25) is 0 Å².